The van der Waals surface area contributed by atoms with E-state index in [-0.39, 0.29) is 0 Å². The van der Waals surface area contributed by atoms with Crippen molar-refractivity contribution >= 4 is 11.9 Å². The number of alkyl halides is 2. The molecule has 0 heterocycles. The van der Waals surface area contributed by atoms with E-state index in [1.54, 1.807) is 0 Å². The van der Waals surface area contributed by atoms with Crippen LogP contribution in [0.15, 0.2) is 0 Å². The largest absolute Gasteiger partial charge is 0.544 e. The van der Waals surface area contributed by atoms with Crippen molar-refractivity contribution < 1.29 is 28.2 Å². The third kappa shape index (κ3) is 3.49. The lowest BCUT2D eigenvalue weighted by atomic mass is 10.4. The third-order valence-electron chi connectivity index (χ3n) is 0.755. The number of hydrogen-bond acceptors (Lipinski definition) is 4. The number of ether oxygens (including phenoxy) is 1. The molecule has 0 spiro atoms. The number of carboxylic acid groups (broad SMARTS) is 1. The first-order chi connectivity index (χ1) is 4.86. The fourth-order valence-corrected chi connectivity index (χ4v) is 0.251. The smallest absolute Gasteiger partial charge is 0.320 e. The molecule has 0 bridgehead atoms. The lowest BCUT2D eigenvalue weighted by molar-refractivity contribution is -0.331. The van der Waals surface area contributed by atoms with Crippen molar-refractivity contribution in [1.29, 1.82) is 0 Å². The minimum atomic E-state index is -4.11. The van der Waals surface area contributed by atoms with Crippen LogP contribution in [0.4, 0.5) is 8.78 Å². The second-order valence-corrected chi connectivity index (χ2v) is 1.77. The number of halogens is 2. The number of carbonyl (C=O) groups excluding carboxylic acids is 2. The first-order valence-electron chi connectivity index (χ1n) is 2.59. The maximum Gasteiger partial charge on any atom is 0.320 e. The van der Waals surface area contributed by atoms with Gasteiger partial charge in [-0.2, -0.15) is 8.78 Å². The van der Waals surface area contributed by atoms with Gasteiger partial charge in [0.05, 0.1) is 0 Å². The fraction of sp³-hybridized carbons (Fsp3) is 0.600. The van der Waals surface area contributed by atoms with Crippen LogP contribution in [0.2, 0.25) is 0 Å². The van der Waals surface area contributed by atoms with Crippen LogP contribution in [-0.2, 0) is 14.3 Å². The summed E-state index contributed by atoms with van der Waals surface area (Å²) in [7, 11) is 0. The molecule has 64 valence electrons. The van der Waals surface area contributed by atoms with Gasteiger partial charge in [-0.05, 0) is 0 Å². The summed E-state index contributed by atoms with van der Waals surface area (Å²) in [4.78, 5) is 19.5. The Kier molecular flexibility index (Phi) is 2.91. The number of rotatable bonds is 3. The van der Waals surface area contributed by atoms with E-state index in [2.05, 4.69) is 4.74 Å². The van der Waals surface area contributed by atoms with Gasteiger partial charge in [-0.25, -0.2) is 0 Å². The van der Waals surface area contributed by atoms with Crippen LogP contribution >= 0.6 is 0 Å². The van der Waals surface area contributed by atoms with E-state index in [1.165, 1.54) is 0 Å². The molecule has 4 nitrogen and oxygen atoms in total. The van der Waals surface area contributed by atoms with Crippen molar-refractivity contribution in [2.45, 2.75) is 12.8 Å². The molecule has 0 unspecified atom stereocenters. The van der Waals surface area contributed by atoms with Gasteiger partial charge < -0.3 is 14.6 Å². The first-order valence-corrected chi connectivity index (χ1v) is 2.59. The molecule has 0 atom stereocenters. The summed E-state index contributed by atoms with van der Waals surface area (Å²) in [6, 6.07) is 0. The fourth-order valence-electron chi connectivity index (χ4n) is 0.251. The second-order valence-electron chi connectivity index (χ2n) is 1.77. The monoisotopic (exact) mass is 167 g/mol. The van der Waals surface area contributed by atoms with E-state index in [4.69, 9.17) is 0 Å². The Balaban J connectivity index is 3.92. The molecule has 0 aliphatic heterocycles. The minimum Gasteiger partial charge on any atom is -0.544 e. The number of carbonyl (C=O) groups is 2. The highest BCUT2D eigenvalue weighted by Gasteiger charge is 2.32. The predicted molar refractivity (Wildman–Crippen MR) is 26.6 cm³/mol. The molecule has 6 heteroatoms. The summed E-state index contributed by atoms with van der Waals surface area (Å²) in [6.07, 6.45) is 0. The van der Waals surface area contributed by atoms with E-state index in [1.807, 2.05) is 0 Å². The van der Waals surface area contributed by atoms with Gasteiger partial charge in [0.25, 0.3) is 0 Å². The van der Waals surface area contributed by atoms with Gasteiger partial charge in [0.2, 0.25) is 0 Å². The quantitative estimate of drug-likeness (QED) is 0.502. The molecule has 0 aliphatic rings. The summed E-state index contributed by atoms with van der Waals surface area (Å²) in [6.45, 7) is -0.587. The van der Waals surface area contributed by atoms with Crippen molar-refractivity contribution in [3.05, 3.63) is 0 Å². The van der Waals surface area contributed by atoms with Gasteiger partial charge >= 0.3 is 11.9 Å². The van der Waals surface area contributed by atoms with Crippen molar-refractivity contribution in [1.82, 2.24) is 0 Å². The molecule has 0 radical (unpaired) electrons. The zero-order chi connectivity index (χ0) is 9.07. The van der Waals surface area contributed by atoms with Gasteiger partial charge in [0.15, 0.2) is 6.61 Å². The first kappa shape index (κ1) is 9.80. The average Bonchev–Trinajstić information content (AvgIpc) is 1.84. The Bertz CT molecular complexity index is 177. The molecule has 0 amide bonds. The lowest BCUT2D eigenvalue weighted by Gasteiger charge is -2.15. The van der Waals surface area contributed by atoms with Crippen LogP contribution in [0.25, 0.3) is 0 Å². The molecule has 0 aliphatic carbocycles. The van der Waals surface area contributed by atoms with E-state index in [0.29, 0.717) is 0 Å². The summed E-state index contributed by atoms with van der Waals surface area (Å²) < 4.78 is 27.7. The van der Waals surface area contributed by atoms with E-state index < -0.39 is 24.5 Å². The zero-order valence-electron chi connectivity index (χ0n) is 5.60. The van der Waals surface area contributed by atoms with Crippen LogP contribution in [0.5, 0.6) is 0 Å². The van der Waals surface area contributed by atoms with Crippen LogP contribution in [0.1, 0.15) is 6.92 Å². The topological polar surface area (TPSA) is 66.4 Å². The van der Waals surface area contributed by atoms with Gasteiger partial charge in [-0.3, -0.25) is 4.79 Å². The van der Waals surface area contributed by atoms with E-state index in [0.717, 1.165) is 6.92 Å². The predicted octanol–water partition coefficient (Wildman–Crippen LogP) is -1.07. The van der Waals surface area contributed by atoms with Crippen LogP contribution in [0, 0.1) is 0 Å². The van der Waals surface area contributed by atoms with Gasteiger partial charge in [0.1, 0.15) is 5.97 Å². The Morgan fingerprint density at radius 1 is 1.55 bits per heavy atom. The van der Waals surface area contributed by atoms with Gasteiger partial charge in [0, 0.05) is 6.92 Å². The molecule has 0 saturated heterocycles. The Morgan fingerprint density at radius 3 is 2.27 bits per heavy atom. The van der Waals surface area contributed by atoms with Gasteiger partial charge in [-0.15, -0.1) is 0 Å². The van der Waals surface area contributed by atoms with Crippen molar-refractivity contribution in [2.75, 3.05) is 6.61 Å². The summed E-state index contributed by atoms with van der Waals surface area (Å²) >= 11 is 0. The highest BCUT2D eigenvalue weighted by molar-refractivity contribution is 5.74. The summed E-state index contributed by atoms with van der Waals surface area (Å²) in [5.41, 5.74) is 0. The Labute approximate surface area is 60.8 Å². The van der Waals surface area contributed by atoms with Crippen molar-refractivity contribution in [3.8, 4) is 0 Å². The van der Waals surface area contributed by atoms with E-state index >= 15 is 0 Å². The number of aliphatic carboxylic acids is 1. The third-order valence-corrected chi connectivity index (χ3v) is 0.755. The molecule has 0 aromatic heterocycles. The van der Waals surface area contributed by atoms with Crippen LogP contribution in [0.3, 0.4) is 0 Å². The van der Waals surface area contributed by atoms with Crippen molar-refractivity contribution in [2.24, 2.45) is 0 Å². The number of esters is 1. The average molecular weight is 167 g/mol. The van der Waals surface area contributed by atoms with Crippen LogP contribution in [-0.4, -0.2) is 24.5 Å². The molecular formula is C5H5F2O4-. The molecule has 0 aromatic carbocycles. The Morgan fingerprint density at radius 2 is 2.00 bits per heavy atom. The van der Waals surface area contributed by atoms with E-state index in [9.17, 15) is 23.5 Å². The molecular weight excluding hydrogens is 162 g/mol. The molecule has 0 fully saturated rings. The standard InChI is InChI=1S/C5H6F2O4/c1-3(8)11-2-5(6,7)4(9)10/h2H2,1H3,(H,9,10)/p-1. The normalized spacial score (nSPS) is 10.8. The molecule has 0 aromatic rings. The number of carboxylic acids is 1. The number of hydrogen-bond donors (Lipinski definition) is 0. The highest BCUT2D eigenvalue weighted by Crippen LogP contribution is 2.11. The second kappa shape index (κ2) is 3.27. The van der Waals surface area contributed by atoms with Crippen molar-refractivity contribution in [3.63, 3.8) is 0 Å². The SMILES string of the molecule is CC(=O)OCC(F)(F)C(=O)[O-]. The molecule has 0 rings (SSSR count). The Hall–Kier alpha value is -1.20. The zero-order valence-corrected chi connectivity index (χ0v) is 5.60. The van der Waals surface area contributed by atoms with Crippen LogP contribution < -0.4 is 5.11 Å². The summed E-state index contributed by atoms with van der Waals surface area (Å²) in [5, 5.41) is 9.58. The summed E-state index contributed by atoms with van der Waals surface area (Å²) in [5.74, 6) is -7.63. The molecule has 0 N–H and O–H groups in total. The lowest BCUT2D eigenvalue weighted by Crippen LogP contribution is -2.45. The highest BCUT2D eigenvalue weighted by atomic mass is 19.3. The molecule has 11 heavy (non-hydrogen) atoms. The maximum absolute atomic E-state index is 12.0. The van der Waals surface area contributed by atoms with Gasteiger partial charge in [-0.1, -0.05) is 0 Å². The molecule has 0 saturated carbocycles. The maximum atomic E-state index is 12.0. The minimum absolute atomic E-state index is 0.894.